The Labute approximate surface area is 126 Å². The van der Waals surface area contributed by atoms with Crippen LogP contribution < -0.4 is 0 Å². The van der Waals surface area contributed by atoms with Gasteiger partial charge in [0.2, 0.25) is 0 Å². The van der Waals surface area contributed by atoms with Crippen LogP contribution in [0.1, 0.15) is 10.6 Å². The molecule has 0 spiro atoms. The highest BCUT2D eigenvalue weighted by molar-refractivity contribution is 8.01. The maximum absolute atomic E-state index is 13.1. The van der Waals surface area contributed by atoms with Crippen LogP contribution in [-0.4, -0.2) is 21.0 Å². The minimum Gasteiger partial charge on any atom is -0.481 e. The van der Waals surface area contributed by atoms with E-state index in [1.165, 1.54) is 6.07 Å². The number of aliphatic carboxylic acids is 1. The third-order valence-electron chi connectivity index (χ3n) is 2.50. The van der Waals surface area contributed by atoms with Crippen molar-refractivity contribution in [1.29, 1.82) is 0 Å². The van der Waals surface area contributed by atoms with Crippen molar-refractivity contribution in [2.24, 2.45) is 0 Å². The quantitative estimate of drug-likeness (QED) is 0.669. The maximum Gasteiger partial charge on any atom is 0.308 e. The number of benzene rings is 1. The van der Waals surface area contributed by atoms with Gasteiger partial charge in [-0.15, -0.1) is 11.3 Å². The second kappa shape index (κ2) is 6.19. The van der Waals surface area contributed by atoms with Crippen LogP contribution in [0.4, 0.5) is 10.1 Å². The van der Waals surface area contributed by atoms with Gasteiger partial charge in [-0.3, -0.25) is 14.9 Å². The molecule has 0 aliphatic carbocycles. The van der Waals surface area contributed by atoms with Crippen LogP contribution in [0, 0.1) is 22.9 Å². The number of rotatable bonds is 5. The molecule has 2 aromatic rings. The van der Waals surface area contributed by atoms with E-state index in [1.807, 2.05) is 0 Å². The summed E-state index contributed by atoms with van der Waals surface area (Å²) in [5, 5.41) is 19.7. The van der Waals surface area contributed by atoms with Crippen LogP contribution >= 0.6 is 23.1 Å². The number of hydrogen-bond acceptors (Lipinski definition) is 6. The van der Waals surface area contributed by atoms with Gasteiger partial charge < -0.3 is 5.11 Å². The molecule has 1 N–H and O–H groups in total. The van der Waals surface area contributed by atoms with Crippen molar-refractivity contribution in [2.75, 3.05) is 0 Å². The van der Waals surface area contributed by atoms with E-state index >= 15 is 0 Å². The SMILES string of the molecule is Cc1nc(Sc2ccc(F)cc2[N+](=O)[O-])sc1CC(=O)O. The molecule has 0 amide bonds. The smallest absolute Gasteiger partial charge is 0.308 e. The maximum atomic E-state index is 13.1. The Hall–Kier alpha value is -2.00. The predicted molar refractivity (Wildman–Crippen MR) is 75.4 cm³/mol. The number of nitrogens with zero attached hydrogens (tertiary/aromatic N) is 2. The zero-order valence-electron chi connectivity index (χ0n) is 10.7. The lowest BCUT2D eigenvalue weighted by atomic mass is 10.3. The molecule has 0 fully saturated rings. The molecule has 0 saturated carbocycles. The van der Waals surface area contributed by atoms with E-state index in [-0.39, 0.29) is 17.0 Å². The lowest BCUT2D eigenvalue weighted by molar-refractivity contribution is -0.387. The van der Waals surface area contributed by atoms with Gasteiger partial charge in [-0.1, -0.05) is 11.8 Å². The topological polar surface area (TPSA) is 93.3 Å². The number of nitro groups is 1. The first-order valence-electron chi connectivity index (χ1n) is 5.66. The Morgan fingerprint density at radius 1 is 1.57 bits per heavy atom. The van der Waals surface area contributed by atoms with Gasteiger partial charge in [0.05, 0.1) is 28.0 Å². The summed E-state index contributed by atoms with van der Waals surface area (Å²) in [6.45, 7) is 1.68. The van der Waals surface area contributed by atoms with E-state index in [2.05, 4.69) is 4.98 Å². The second-order valence-electron chi connectivity index (χ2n) is 4.03. The molecule has 0 radical (unpaired) electrons. The second-order valence-corrected chi connectivity index (χ2v) is 6.40. The number of carbonyl (C=O) groups is 1. The molecule has 0 aliphatic rings. The molecule has 6 nitrogen and oxygen atoms in total. The summed E-state index contributed by atoms with van der Waals surface area (Å²) in [6.07, 6.45) is -0.143. The van der Waals surface area contributed by atoms with Gasteiger partial charge in [-0.05, 0) is 19.1 Å². The summed E-state index contributed by atoms with van der Waals surface area (Å²) in [4.78, 5) is 26.0. The molecule has 1 aromatic heterocycles. The monoisotopic (exact) mass is 328 g/mol. The van der Waals surface area contributed by atoms with Crippen molar-refractivity contribution in [3.63, 3.8) is 0 Å². The predicted octanol–water partition coefficient (Wildman–Crippen LogP) is 3.28. The molecule has 2 rings (SSSR count). The Morgan fingerprint density at radius 2 is 2.29 bits per heavy atom. The molecule has 1 heterocycles. The average Bonchev–Trinajstić information content (AvgIpc) is 2.71. The third kappa shape index (κ3) is 3.76. The van der Waals surface area contributed by atoms with Crippen LogP contribution in [0.15, 0.2) is 27.4 Å². The Bertz CT molecular complexity index is 717. The van der Waals surface area contributed by atoms with Gasteiger partial charge in [0.25, 0.3) is 5.69 Å². The highest BCUT2D eigenvalue weighted by Gasteiger charge is 2.19. The van der Waals surface area contributed by atoms with E-state index in [4.69, 9.17) is 5.11 Å². The van der Waals surface area contributed by atoms with E-state index < -0.39 is 16.7 Å². The van der Waals surface area contributed by atoms with Crippen molar-refractivity contribution < 1.29 is 19.2 Å². The van der Waals surface area contributed by atoms with E-state index in [1.54, 1.807) is 6.92 Å². The normalized spacial score (nSPS) is 10.6. The molecular weight excluding hydrogens is 319 g/mol. The third-order valence-corrected chi connectivity index (χ3v) is 4.78. The Morgan fingerprint density at radius 3 is 2.90 bits per heavy atom. The number of carboxylic acid groups (broad SMARTS) is 1. The first-order valence-corrected chi connectivity index (χ1v) is 7.30. The Balaban J connectivity index is 2.30. The molecule has 110 valence electrons. The molecule has 0 bridgehead atoms. The number of halogens is 1. The lowest BCUT2D eigenvalue weighted by Crippen LogP contribution is -1.99. The minimum absolute atomic E-state index is 0.143. The number of nitro benzene ring substituents is 1. The van der Waals surface area contributed by atoms with Crippen LogP contribution in [0.3, 0.4) is 0 Å². The molecule has 9 heteroatoms. The van der Waals surface area contributed by atoms with Crippen molar-refractivity contribution in [3.05, 3.63) is 44.7 Å². The number of hydrogen-bond donors (Lipinski definition) is 1. The standard InChI is InChI=1S/C12H9FN2O4S2/c1-6-10(5-11(16)17)21-12(14-6)20-9-3-2-7(13)4-8(9)15(18)19/h2-4H,5H2,1H3,(H,16,17). The largest absolute Gasteiger partial charge is 0.481 e. The summed E-state index contributed by atoms with van der Waals surface area (Å²) in [5.41, 5.74) is 0.238. The molecule has 21 heavy (non-hydrogen) atoms. The first-order chi connectivity index (χ1) is 9.86. The first kappa shape index (κ1) is 15.4. The highest BCUT2D eigenvalue weighted by Crippen LogP contribution is 2.38. The average molecular weight is 328 g/mol. The number of thiazole rings is 1. The molecular formula is C12H9FN2O4S2. The fraction of sp³-hybridized carbons (Fsp3) is 0.167. The van der Waals surface area contributed by atoms with Crippen molar-refractivity contribution in [2.45, 2.75) is 22.6 Å². The zero-order valence-corrected chi connectivity index (χ0v) is 12.3. The summed E-state index contributed by atoms with van der Waals surface area (Å²) in [6, 6.07) is 3.29. The fourth-order valence-corrected chi connectivity index (χ4v) is 3.82. The highest BCUT2D eigenvalue weighted by atomic mass is 32.2. The molecule has 0 aliphatic heterocycles. The van der Waals surface area contributed by atoms with Crippen molar-refractivity contribution in [1.82, 2.24) is 4.98 Å². The Kier molecular flexibility index (Phi) is 4.53. The lowest BCUT2D eigenvalue weighted by Gasteiger charge is -2.00. The van der Waals surface area contributed by atoms with Gasteiger partial charge in [0.15, 0.2) is 4.34 Å². The summed E-state index contributed by atoms with van der Waals surface area (Å²) < 4.78 is 13.6. The van der Waals surface area contributed by atoms with Crippen LogP contribution in [-0.2, 0) is 11.2 Å². The molecule has 0 atom stereocenters. The molecule has 0 unspecified atom stereocenters. The summed E-state index contributed by atoms with van der Waals surface area (Å²) >= 11 is 2.18. The van der Waals surface area contributed by atoms with Crippen LogP contribution in [0.25, 0.3) is 0 Å². The van der Waals surface area contributed by atoms with E-state index in [9.17, 15) is 19.3 Å². The van der Waals surface area contributed by atoms with Gasteiger partial charge >= 0.3 is 5.97 Å². The zero-order chi connectivity index (χ0) is 15.6. The summed E-state index contributed by atoms with van der Waals surface area (Å²) in [5.74, 6) is -1.65. The fourth-order valence-electron chi connectivity index (χ4n) is 1.56. The van der Waals surface area contributed by atoms with Gasteiger partial charge in [-0.25, -0.2) is 9.37 Å². The number of carboxylic acids is 1. The van der Waals surface area contributed by atoms with E-state index in [0.717, 1.165) is 35.2 Å². The van der Waals surface area contributed by atoms with Crippen molar-refractivity contribution in [3.8, 4) is 0 Å². The number of aromatic nitrogens is 1. The molecule has 0 saturated heterocycles. The van der Waals surface area contributed by atoms with Crippen molar-refractivity contribution >= 4 is 34.8 Å². The van der Waals surface area contributed by atoms with Crippen LogP contribution in [0.2, 0.25) is 0 Å². The molecule has 1 aromatic carbocycles. The van der Waals surface area contributed by atoms with Gasteiger partial charge in [0, 0.05) is 4.88 Å². The van der Waals surface area contributed by atoms with E-state index in [0.29, 0.717) is 14.9 Å². The summed E-state index contributed by atoms with van der Waals surface area (Å²) in [7, 11) is 0. The van der Waals surface area contributed by atoms with Crippen LogP contribution in [0.5, 0.6) is 0 Å². The van der Waals surface area contributed by atoms with Gasteiger partial charge in [0.1, 0.15) is 5.82 Å². The number of aryl methyl sites for hydroxylation is 1. The minimum atomic E-state index is -0.967. The van der Waals surface area contributed by atoms with Gasteiger partial charge in [-0.2, -0.15) is 0 Å².